The average molecular weight is 373 g/mol. The first kappa shape index (κ1) is 15.9. The van der Waals surface area contributed by atoms with Gasteiger partial charge in [-0.3, -0.25) is 0 Å². The lowest BCUT2D eigenvalue weighted by Crippen LogP contribution is -2.13. The number of nitrogens with one attached hydrogen (secondary N) is 1. The standard InChI is InChI=1S/C15H12BrClFNO2/c16-12-6-10(15(20)21)2-3-11(12)8-19-7-9-1-4-14(18)13(17)5-9/h1-6,19H,7-8H2,(H,20,21). The Bertz CT molecular complexity index is 679. The van der Waals surface area contributed by atoms with Gasteiger partial charge >= 0.3 is 5.97 Å². The molecule has 0 atom stereocenters. The number of benzene rings is 2. The monoisotopic (exact) mass is 371 g/mol. The van der Waals surface area contributed by atoms with Gasteiger partial charge in [0.2, 0.25) is 0 Å². The van der Waals surface area contributed by atoms with Gasteiger partial charge in [-0.15, -0.1) is 0 Å². The van der Waals surface area contributed by atoms with Crippen LogP contribution < -0.4 is 5.32 Å². The van der Waals surface area contributed by atoms with Crippen LogP contribution in [-0.4, -0.2) is 11.1 Å². The number of carboxylic acid groups (broad SMARTS) is 1. The van der Waals surface area contributed by atoms with Gasteiger partial charge < -0.3 is 10.4 Å². The van der Waals surface area contributed by atoms with Gasteiger partial charge in [0.1, 0.15) is 5.82 Å². The van der Waals surface area contributed by atoms with E-state index in [2.05, 4.69) is 21.2 Å². The molecule has 2 N–H and O–H groups in total. The summed E-state index contributed by atoms with van der Waals surface area (Å²) >= 11 is 9.07. The Morgan fingerprint density at radius 1 is 1.24 bits per heavy atom. The summed E-state index contributed by atoms with van der Waals surface area (Å²) in [6.45, 7) is 1.09. The van der Waals surface area contributed by atoms with Crippen molar-refractivity contribution in [1.29, 1.82) is 0 Å². The van der Waals surface area contributed by atoms with E-state index in [4.69, 9.17) is 16.7 Å². The highest BCUT2D eigenvalue weighted by Crippen LogP contribution is 2.19. The van der Waals surface area contributed by atoms with Crippen molar-refractivity contribution in [2.45, 2.75) is 13.1 Å². The first-order chi connectivity index (χ1) is 9.97. The van der Waals surface area contributed by atoms with Crippen molar-refractivity contribution in [2.75, 3.05) is 0 Å². The van der Waals surface area contributed by atoms with Crippen LogP contribution in [0, 0.1) is 5.82 Å². The molecule has 110 valence electrons. The first-order valence-corrected chi connectivity index (χ1v) is 7.31. The Hall–Kier alpha value is -1.43. The van der Waals surface area contributed by atoms with Gasteiger partial charge in [0.05, 0.1) is 10.6 Å². The van der Waals surface area contributed by atoms with E-state index in [1.54, 1.807) is 30.3 Å². The second kappa shape index (κ2) is 7.02. The normalized spacial score (nSPS) is 10.6. The van der Waals surface area contributed by atoms with Crippen molar-refractivity contribution in [3.05, 3.63) is 68.4 Å². The van der Waals surface area contributed by atoms with Crippen LogP contribution in [0.1, 0.15) is 21.5 Å². The maximum atomic E-state index is 13.0. The summed E-state index contributed by atoms with van der Waals surface area (Å²) in [5.41, 5.74) is 2.05. The van der Waals surface area contributed by atoms with Crippen molar-refractivity contribution < 1.29 is 14.3 Å². The number of hydrogen-bond donors (Lipinski definition) is 2. The quantitative estimate of drug-likeness (QED) is 0.826. The maximum Gasteiger partial charge on any atom is 0.335 e. The summed E-state index contributed by atoms with van der Waals surface area (Å²) in [4.78, 5) is 10.8. The second-order valence-corrected chi connectivity index (χ2v) is 5.72. The van der Waals surface area contributed by atoms with E-state index in [0.29, 0.717) is 13.1 Å². The molecule has 0 unspecified atom stereocenters. The molecule has 21 heavy (non-hydrogen) atoms. The van der Waals surface area contributed by atoms with Crippen LogP contribution in [0.2, 0.25) is 5.02 Å². The molecule has 0 aliphatic heterocycles. The highest BCUT2D eigenvalue weighted by Gasteiger charge is 2.07. The summed E-state index contributed by atoms with van der Waals surface area (Å²) in [5.74, 6) is -1.40. The Morgan fingerprint density at radius 2 is 2.00 bits per heavy atom. The molecule has 0 aliphatic rings. The molecule has 0 saturated heterocycles. The molecule has 0 spiro atoms. The summed E-state index contributed by atoms with van der Waals surface area (Å²) in [5, 5.41) is 12.2. The van der Waals surface area contributed by atoms with Crippen LogP contribution >= 0.6 is 27.5 Å². The number of hydrogen-bond acceptors (Lipinski definition) is 2. The highest BCUT2D eigenvalue weighted by atomic mass is 79.9. The lowest BCUT2D eigenvalue weighted by atomic mass is 10.1. The molecule has 0 heterocycles. The predicted octanol–water partition coefficient (Wildman–Crippen LogP) is 4.23. The van der Waals surface area contributed by atoms with Crippen molar-refractivity contribution in [1.82, 2.24) is 5.32 Å². The zero-order chi connectivity index (χ0) is 15.4. The van der Waals surface area contributed by atoms with E-state index in [1.807, 2.05) is 0 Å². The number of carboxylic acids is 1. The molecule has 0 bridgehead atoms. The molecule has 3 nitrogen and oxygen atoms in total. The molecule has 0 radical (unpaired) electrons. The van der Waals surface area contributed by atoms with E-state index >= 15 is 0 Å². The molecule has 2 aromatic carbocycles. The zero-order valence-electron chi connectivity index (χ0n) is 10.9. The van der Waals surface area contributed by atoms with Crippen LogP contribution in [0.15, 0.2) is 40.9 Å². The second-order valence-electron chi connectivity index (χ2n) is 4.46. The minimum Gasteiger partial charge on any atom is -0.478 e. The minimum absolute atomic E-state index is 0.0984. The molecule has 6 heteroatoms. The van der Waals surface area contributed by atoms with Crippen LogP contribution in [0.25, 0.3) is 0 Å². The van der Waals surface area contributed by atoms with Gasteiger partial charge in [-0.25, -0.2) is 9.18 Å². The van der Waals surface area contributed by atoms with Gasteiger partial charge in [-0.1, -0.05) is 39.7 Å². The fourth-order valence-corrected chi connectivity index (χ4v) is 2.54. The van der Waals surface area contributed by atoms with Crippen LogP contribution in [-0.2, 0) is 13.1 Å². The minimum atomic E-state index is -0.962. The van der Waals surface area contributed by atoms with Gasteiger partial charge in [0, 0.05) is 17.6 Å². The maximum absolute atomic E-state index is 13.0. The smallest absolute Gasteiger partial charge is 0.335 e. The summed E-state index contributed by atoms with van der Waals surface area (Å²) in [7, 11) is 0. The van der Waals surface area contributed by atoms with E-state index in [9.17, 15) is 9.18 Å². The third kappa shape index (κ3) is 4.27. The van der Waals surface area contributed by atoms with Crippen molar-refractivity contribution in [3.8, 4) is 0 Å². The molecule has 0 fully saturated rings. The Balaban J connectivity index is 1.97. The van der Waals surface area contributed by atoms with Crippen LogP contribution in [0.4, 0.5) is 4.39 Å². The lowest BCUT2D eigenvalue weighted by Gasteiger charge is -2.08. The molecule has 0 amide bonds. The Morgan fingerprint density at radius 3 is 2.62 bits per heavy atom. The van der Waals surface area contributed by atoms with Crippen LogP contribution in [0.5, 0.6) is 0 Å². The molecular weight excluding hydrogens is 361 g/mol. The number of aromatic carboxylic acids is 1. The summed E-state index contributed by atoms with van der Waals surface area (Å²) < 4.78 is 13.8. The molecule has 0 aliphatic carbocycles. The third-order valence-corrected chi connectivity index (χ3v) is 3.96. The van der Waals surface area contributed by atoms with E-state index in [0.717, 1.165) is 15.6 Å². The SMILES string of the molecule is O=C(O)c1ccc(CNCc2ccc(F)c(Cl)c2)c(Br)c1. The van der Waals surface area contributed by atoms with Crippen molar-refractivity contribution in [2.24, 2.45) is 0 Å². The van der Waals surface area contributed by atoms with Crippen molar-refractivity contribution in [3.63, 3.8) is 0 Å². The van der Waals surface area contributed by atoms with Gasteiger partial charge in [-0.05, 0) is 35.4 Å². The highest BCUT2D eigenvalue weighted by molar-refractivity contribution is 9.10. The van der Waals surface area contributed by atoms with Gasteiger partial charge in [0.25, 0.3) is 0 Å². The third-order valence-electron chi connectivity index (χ3n) is 2.93. The summed E-state index contributed by atoms with van der Waals surface area (Å²) in [6.07, 6.45) is 0. The Kier molecular flexibility index (Phi) is 5.33. The molecule has 2 rings (SSSR count). The van der Waals surface area contributed by atoms with E-state index < -0.39 is 11.8 Å². The summed E-state index contributed by atoms with van der Waals surface area (Å²) in [6, 6.07) is 9.44. The van der Waals surface area contributed by atoms with Crippen molar-refractivity contribution >= 4 is 33.5 Å². The molecule has 0 aromatic heterocycles. The fraction of sp³-hybridized carbons (Fsp3) is 0.133. The first-order valence-electron chi connectivity index (χ1n) is 6.13. The Labute approximate surface area is 134 Å². The van der Waals surface area contributed by atoms with E-state index in [1.165, 1.54) is 6.07 Å². The fourth-order valence-electron chi connectivity index (χ4n) is 1.81. The topological polar surface area (TPSA) is 49.3 Å². The molecule has 2 aromatic rings. The molecular formula is C15H12BrClFNO2. The van der Waals surface area contributed by atoms with E-state index in [-0.39, 0.29) is 10.6 Å². The zero-order valence-corrected chi connectivity index (χ0v) is 13.2. The van der Waals surface area contributed by atoms with Crippen LogP contribution in [0.3, 0.4) is 0 Å². The number of halogens is 3. The number of carbonyl (C=O) groups is 1. The lowest BCUT2D eigenvalue weighted by molar-refractivity contribution is 0.0697. The predicted molar refractivity (Wildman–Crippen MR) is 83.1 cm³/mol. The van der Waals surface area contributed by atoms with Gasteiger partial charge in [0.15, 0.2) is 0 Å². The average Bonchev–Trinajstić information content (AvgIpc) is 2.44. The van der Waals surface area contributed by atoms with Gasteiger partial charge in [-0.2, -0.15) is 0 Å². The largest absolute Gasteiger partial charge is 0.478 e. The molecule has 0 saturated carbocycles. The number of rotatable bonds is 5.